The van der Waals surface area contributed by atoms with Gasteiger partial charge in [-0.25, -0.2) is 0 Å². The highest BCUT2D eigenvalue weighted by Gasteiger charge is 2.36. The van der Waals surface area contributed by atoms with Gasteiger partial charge >= 0.3 is 0 Å². The molecule has 1 saturated carbocycles. The number of rotatable bonds is 8. The van der Waals surface area contributed by atoms with Gasteiger partial charge in [-0.2, -0.15) is 0 Å². The van der Waals surface area contributed by atoms with Crippen LogP contribution in [-0.4, -0.2) is 19.6 Å². The van der Waals surface area contributed by atoms with Gasteiger partial charge in [0.15, 0.2) is 0 Å². The molecule has 0 spiro atoms. The molecule has 1 aromatic heterocycles. The van der Waals surface area contributed by atoms with Crippen LogP contribution in [0.2, 0.25) is 0 Å². The molecular formula is C19H24N2O3. The Balaban J connectivity index is 1.35. The number of furan rings is 1. The first-order valence-corrected chi connectivity index (χ1v) is 8.34. The smallest absolute Gasteiger partial charge is 0.234 e. The number of methoxy groups -OCH3 is 1. The molecule has 0 bridgehead atoms. The predicted molar refractivity (Wildman–Crippen MR) is 91.8 cm³/mol. The maximum atomic E-state index is 11.9. The zero-order valence-corrected chi connectivity index (χ0v) is 14.2. The molecule has 1 fully saturated rings. The molecule has 5 nitrogen and oxygen atoms in total. The Hall–Kier alpha value is -2.27. The number of ether oxygens (including phenoxy) is 1. The minimum absolute atomic E-state index is 0.0339. The molecule has 0 radical (unpaired) electrons. The second-order valence-electron chi connectivity index (χ2n) is 6.35. The van der Waals surface area contributed by atoms with E-state index >= 15 is 0 Å². The molecule has 2 atom stereocenters. The largest absolute Gasteiger partial charge is 0.497 e. The molecule has 2 N–H and O–H groups in total. The highest BCUT2D eigenvalue weighted by atomic mass is 16.5. The van der Waals surface area contributed by atoms with Crippen LogP contribution in [0.4, 0.5) is 0 Å². The van der Waals surface area contributed by atoms with Gasteiger partial charge in [0.05, 0.1) is 20.2 Å². The van der Waals surface area contributed by atoms with Gasteiger partial charge in [-0.1, -0.05) is 19.1 Å². The molecule has 0 saturated heterocycles. The Kier molecular flexibility index (Phi) is 5.20. The van der Waals surface area contributed by atoms with Gasteiger partial charge in [-0.3, -0.25) is 4.79 Å². The zero-order valence-electron chi connectivity index (χ0n) is 14.2. The van der Waals surface area contributed by atoms with Gasteiger partial charge in [0.2, 0.25) is 5.91 Å². The van der Waals surface area contributed by atoms with Gasteiger partial charge in [0.25, 0.3) is 0 Å². The van der Waals surface area contributed by atoms with E-state index in [0.29, 0.717) is 19.0 Å². The van der Waals surface area contributed by atoms with E-state index < -0.39 is 0 Å². The summed E-state index contributed by atoms with van der Waals surface area (Å²) >= 11 is 0. The number of amides is 1. The van der Waals surface area contributed by atoms with Crippen molar-refractivity contribution < 1.29 is 13.9 Å². The van der Waals surface area contributed by atoms with E-state index in [2.05, 4.69) is 23.6 Å². The van der Waals surface area contributed by atoms with Crippen LogP contribution in [0.15, 0.2) is 40.8 Å². The average molecular weight is 328 g/mol. The van der Waals surface area contributed by atoms with E-state index in [1.165, 1.54) is 6.42 Å². The molecule has 1 aliphatic rings. The van der Waals surface area contributed by atoms with E-state index in [-0.39, 0.29) is 12.5 Å². The van der Waals surface area contributed by atoms with Crippen LogP contribution in [-0.2, 0) is 17.9 Å². The molecule has 2 unspecified atom stereocenters. The third kappa shape index (κ3) is 4.38. The lowest BCUT2D eigenvalue weighted by Crippen LogP contribution is -2.33. The van der Waals surface area contributed by atoms with Crippen molar-refractivity contribution in [2.45, 2.75) is 32.4 Å². The molecule has 1 amide bonds. The van der Waals surface area contributed by atoms with Crippen molar-refractivity contribution in [2.75, 3.05) is 13.7 Å². The molecule has 0 aliphatic heterocycles. The lowest BCUT2D eigenvalue weighted by atomic mass is 10.2. The maximum absolute atomic E-state index is 11.9. The average Bonchev–Trinajstić information content (AvgIpc) is 3.14. The monoisotopic (exact) mass is 328 g/mol. The molecule has 3 rings (SSSR count). The number of nitrogens with one attached hydrogen (secondary N) is 2. The van der Waals surface area contributed by atoms with Crippen molar-refractivity contribution >= 4 is 5.91 Å². The van der Waals surface area contributed by atoms with E-state index in [1.54, 1.807) is 7.11 Å². The fraction of sp³-hybridized carbons (Fsp3) is 0.421. The van der Waals surface area contributed by atoms with Crippen LogP contribution in [0.25, 0.3) is 0 Å². The number of hydrogen-bond acceptors (Lipinski definition) is 4. The minimum atomic E-state index is -0.0339. The van der Waals surface area contributed by atoms with E-state index in [1.807, 2.05) is 30.3 Å². The highest BCUT2D eigenvalue weighted by Crippen LogP contribution is 2.47. The quantitative estimate of drug-likeness (QED) is 0.782. The summed E-state index contributed by atoms with van der Waals surface area (Å²) in [7, 11) is 1.63. The third-order valence-electron chi connectivity index (χ3n) is 4.39. The second-order valence-corrected chi connectivity index (χ2v) is 6.35. The van der Waals surface area contributed by atoms with Crippen LogP contribution in [0.3, 0.4) is 0 Å². The molecule has 1 aromatic carbocycles. The van der Waals surface area contributed by atoms with Crippen molar-refractivity contribution in [3.05, 3.63) is 53.5 Å². The minimum Gasteiger partial charge on any atom is -0.497 e. The summed E-state index contributed by atoms with van der Waals surface area (Å²) in [6, 6.07) is 11.7. The summed E-state index contributed by atoms with van der Waals surface area (Å²) in [5, 5.41) is 6.00. The Bertz CT molecular complexity index is 678. The molecule has 2 aromatic rings. The Morgan fingerprint density at radius 3 is 2.62 bits per heavy atom. The number of hydrogen-bond donors (Lipinski definition) is 2. The Morgan fingerprint density at radius 1 is 1.21 bits per heavy atom. The van der Waals surface area contributed by atoms with E-state index in [9.17, 15) is 4.79 Å². The van der Waals surface area contributed by atoms with Crippen molar-refractivity contribution in [3.63, 3.8) is 0 Å². The number of benzene rings is 1. The summed E-state index contributed by atoms with van der Waals surface area (Å²) in [4.78, 5) is 11.9. The number of carbonyl (C=O) groups excluding carboxylic acids is 1. The van der Waals surface area contributed by atoms with Crippen molar-refractivity contribution in [2.24, 2.45) is 5.92 Å². The second kappa shape index (κ2) is 7.53. The van der Waals surface area contributed by atoms with Crippen LogP contribution in [0, 0.1) is 5.92 Å². The summed E-state index contributed by atoms with van der Waals surface area (Å²) in [6.45, 7) is 3.58. The lowest BCUT2D eigenvalue weighted by molar-refractivity contribution is -0.120. The van der Waals surface area contributed by atoms with Crippen molar-refractivity contribution in [3.8, 4) is 5.75 Å². The fourth-order valence-electron chi connectivity index (χ4n) is 2.71. The summed E-state index contributed by atoms with van der Waals surface area (Å²) in [5.41, 5.74) is 1.04. The predicted octanol–water partition coefficient (Wildman–Crippen LogP) is 2.82. The van der Waals surface area contributed by atoms with Crippen LogP contribution in [0.5, 0.6) is 5.75 Å². The van der Waals surface area contributed by atoms with Crippen LogP contribution in [0.1, 0.15) is 36.3 Å². The SMILES string of the molecule is COc1ccc(CNC(=O)CNCc2ccc(C3CC3C)o2)cc1. The van der Waals surface area contributed by atoms with Crippen LogP contribution >= 0.6 is 0 Å². The first-order chi connectivity index (χ1) is 11.7. The van der Waals surface area contributed by atoms with Gasteiger partial charge in [0, 0.05) is 12.5 Å². The van der Waals surface area contributed by atoms with Crippen LogP contribution < -0.4 is 15.4 Å². The lowest BCUT2D eigenvalue weighted by Gasteiger charge is -2.07. The zero-order chi connectivity index (χ0) is 16.9. The fourth-order valence-corrected chi connectivity index (χ4v) is 2.71. The first-order valence-electron chi connectivity index (χ1n) is 8.34. The first kappa shape index (κ1) is 16.6. The molecule has 1 heterocycles. The summed E-state index contributed by atoms with van der Waals surface area (Å²) in [5.74, 6) is 4.06. The Labute approximate surface area is 142 Å². The molecule has 128 valence electrons. The molecule has 24 heavy (non-hydrogen) atoms. The number of carbonyl (C=O) groups is 1. The summed E-state index contributed by atoms with van der Waals surface area (Å²) in [6.07, 6.45) is 1.22. The van der Waals surface area contributed by atoms with Gasteiger partial charge in [0.1, 0.15) is 17.3 Å². The normalized spacial score (nSPS) is 19.1. The van der Waals surface area contributed by atoms with Gasteiger partial charge < -0.3 is 19.8 Å². The molecule has 5 heteroatoms. The summed E-state index contributed by atoms with van der Waals surface area (Å²) < 4.78 is 10.9. The third-order valence-corrected chi connectivity index (χ3v) is 4.39. The Morgan fingerprint density at radius 2 is 1.96 bits per heavy atom. The van der Waals surface area contributed by atoms with Crippen molar-refractivity contribution in [1.29, 1.82) is 0 Å². The van der Waals surface area contributed by atoms with Gasteiger partial charge in [-0.15, -0.1) is 0 Å². The highest BCUT2D eigenvalue weighted by molar-refractivity contribution is 5.77. The van der Waals surface area contributed by atoms with E-state index in [0.717, 1.165) is 28.8 Å². The maximum Gasteiger partial charge on any atom is 0.234 e. The van der Waals surface area contributed by atoms with Crippen molar-refractivity contribution in [1.82, 2.24) is 10.6 Å². The van der Waals surface area contributed by atoms with Gasteiger partial charge in [-0.05, 0) is 42.2 Å². The topological polar surface area (TPSA) is 63.5 Å². The molecule has 1 aliphatic carbocycles. The standard InChI is InChI=1S/C19H24N2O3/c1-13-9-17(13)18-8-7-16(24-18)11-20-12-19(22)21-10-14-3-5-15(23-2)6-4-14/h3-8,13,17,20H,9-12H2,1-2H3,(H,21,22). The molecular weight excluding hydrogens is 304 g/mol. The van der Waals surface area contributed by atoms with E-state index in [4.69, 9.17) is 9.15 Å².